The summed E-state index contributed by atoms with van der Waals surface area (Å²) < 4.78 is 2.72. The average molecular weight is 297 g/mol. The molecule has 0 unspecified atom stereocenters. The Hall–Kier alpha value is -1.36. The first kappa shape index (κ1) is 12.1. The molecule has 0 aliphatic heterocycles. The molecule has 0 saturated heterocycles. The highest BCUT2D eigenvalue weighted by atomic mass is 79.9. The molecule has 0 amide bonds. The molecule has 0 saturated carbocycles. The molecule has 0 radical (unpaired) electrons. The van der Waals surface area contributed by atoms with Crippen molar-refractivity contribution in [2.24, 2.45) is 0 Å². The molecular weight excluding hydrogens is 284 g/mol. The number of hydrogen-bond acceptors (Lipinski definition) is 2. The van der Waals surface area contributed by atoms with Crippen LogP contribution in [0.1, 0.15) is 37.1 Å². The lowest BCUT2D eigenvalue weighted by molar-refractivity contribution is 0.0693. The number of carboxylic acid groups (broad SMARTS) is 1. The summed E-state index contributed by atoms with van der Waals surface area (Å²) in [5.74, 6) is -0.258. The van der Waals surface area contributed by atoms with Crippen LogP contribution in [-0.2, 0) is 5.41 Å². The van der Waals surface area contributed by atoms with Gasteiger partial charge in [0.25, 0.3) is 0 Å². The zero-order chi connectivity index (χ0) is 12.8. The average Bonchev–Trinajstić information content (AvgIpc) is 2.55. The predicted octanol–water partition coefficient (Wildman–Crippen LogP) is 3.09. The fourth-order valence-corrected chi connectivity index (χ4v) is 2.08. The summed E-state index contributed by atoms with van der Waals surface area (Å²) in [6, 6.07) is 3.58. The SMILES string of the molecule is CC(C)(C)c1nc(C(=O)O)c2ccc(Br)cn12. The molecule has 0 aromatic carbocycles. The van der Waals surface area contributed by atoms with E-state index in [2.05, 4.69) is 20.9 Å². The van der Waals surface area contributed by atoms with Crippen molar-refractivity contribution in [1.82, 2.24) is 9.38 Å². The minimum atomic E-state index is -1.000. The highest BCUT2D eigenvalue weighted by Gasteiger charge is 2.24. The third-order valence-electron chi connectivity index (χ3n) is 2.47. The lowest BCUT2D eigenvalue weighted by atomic mass is 9.96. The lowest BCUT2D eigenvalue weighted by Gasteiger charge is -2.16. The van der Waals surface area contributed by atoms with Crippen LogP contribution in [0.4, 0.5) is 0 Å². The van der Waals surface area contributed by atoms with Gasteiger partial charge in [-0.05, 0) is 28.1 Å². The van der Waals surface area contributed by atoms with E-state index in [4.69, 9.17) is 5.11 Å². The van der Waals surface area contributed by atoms with Gasteiger partial charge in [-0.1, -0.05) is 20.8 Å². The number of nitrogens with zero attached hydrogens (tertiary/aromatic N) is 2. The predicted molar refractivity (Wildman–Crippen MR) is 68.6 cm³/mol. The van der Waals surface area contributed by atoms with E-state index in [1.165, 1.54) is 0 Å². The molecule has 4 nitrogen and oxygen atoms in total. The molecule has 2 heterocycles. The Balaban J connectivity index is 2.85. The Kier molecular flexibility index (Phi) is 2.73. The van der Waals surface area contributed by atoms with Crippen LogP contribution in [0.15, 0.2) is 22.8 Å². The first-order valence-electron chi connectivity index (χ1n) is 5.22. The van der Waals surface area contributed by atoms with Gasteiger partial charge in [0.1, 0.15) is 5.82 Å². The summed E-state index contributed by atoms with van der Waals surface area (Å²) in [6.45, 7) is 6.02. The van der Waals surface area contributed by atoms with Crippen molar-refractivity contribution in [3.63, 3.8) is 0 Å². The molecule has 1 N–H and O–H groups in total. The number of rotatable bonds is 1. The minimum Gasteiger partial charge on any atom is -0.476 e. The third-order valence-corrected chi connectivity index (χ3v) is 2.94. The van der Waals surface area contributed by atoms with E-state index in [9.17, 15) is 4.79 Å². The zero-order valence-corrected chi connectivity index (χ0v) is 11.4. The second-order valence-electron chi connectivity index (χ2n) is 4.94. The fourth-order valence-electron chi connectivity index (χ4n) is 1.75. The summed E-state index contributed by atoms with van der Waals surface area (Å²) in [6.07, 6.45) is 1.84. The van der Waals surface area contributed by atoms with E-state index in [0.29, 0.717) is 5.52 Å². The van der Waals surface area contributed by atoms with Gasteiger partial charge in [-0.15, -0.1) is 0 Å². The number of fused-ring (bicyclic) bond motifs is 1. The second-order valence-corrected chi connectivity index (χ2v) is 5.86. The first-order chi connectivity index (χ1) is 7.80. The van der Waals surface area contributed by atoms with Gasteiger partial charge in [-0.2, -0.15) is 0 Å². The van der Waals surface area contributed by atoms with Crippen LogP contribution < -0.4 is 0 Å². The molecule has 17 heavy (non-hydrogen) atoms. The molecule has 0 aliphatic rings. The lowest BCUT2D eigenvalue weighted by Crippen LogP contribution is -2.16. The molecule has 0 fully saturated rings. The minimum absolute atomic E-state index is 0.0995. The molecule has 0 atom stereocenters. The highest BCUT2D eigenvalue weighted by molar-refractivity contribution is 9.10. The highest BCUT2D eigenvalue weighted by Crippen LogP contribution is 2.26. The normalized spacial score (nSPS) is 12.0. The largest absolute Gasteiger partial charge is 0.476 e. The van der Waals surface area contributed by atoms with Crippen molar-refractivity contribution in [1.29, 1.82) is 0 Å². The number of aromatic nitrogens is 2. The van der Waals surface area contributed by atoms with Crippen molar-refractivity contribution in [2.75, 3.05) is 0 Å². The molecule has 90 valence electrons. The molecule has 5 heteroatoms. The first-order valence-corrected chi connectivity index (χ1v) is 6.01. The zero-order valence-electron chi connectivity index (χ0n) is 9.86. The molecule has 2 aromatic heterocycles. The van der Waals surface area contributed by atoms with Crippen LogP contribution in [-0.4, -0.2) is 20.5 Å². The van der Waals surface area contributed by atoms with Crippen LogP contribution in [0.25, 0.3) is 5.52 Å². The maximum atomic E-state index is 11.2. The van der Waals surface area contributed by atoms with Crippen molar-refractivity contribution in [2.45, 2.75) is 26.2 Å². The second kappa shape index (κ2) is 3.84. The molecule has 0 aliphatic carbocycles. The topological polar surface area (TPSA) is 54.6 Å². The van der Waals surface area contributed by atoms with E-state index in [0.717, 1.165) is 10.3 Å². The molecule has 0 spiro atoms. The van der Waals surface area contributed by atoms with Crippen LogP contribution in [0.3, 0.4) is 0 Å². The van der Waals surface area contributed by atoms with E-state index in [-0.39, 0.29) is 11.1 Å². The Morgan fingerprint density at radius 3 is 2.59 bits per heavy atom. The quantitative estimate of drug-likeness (QED) is 0.880. The summed E-state index contributed by atoms with van der Waals surface area (Å²) in [5, 5.41) is 9.14. The Morgan fingerprint density at radius 1 is 1.41 bits per heavy atom. The van der Waals surface area contributed by atoms with Crippen molar-refractivity contribution in [3.8, 4) is 0 Å². The summed E-state index contributed by atoms with van der Waals surface area (Å²) in [4.78, 5) is 15.4. The van der Waals surface area contributed by atoms with Crippen LogP contribution in [0.2, 0.25) is 0 Å². The third kappa shape index (κ3) is 2.07. The monoisotopic (exact) mass is 296 g/mol. The maximum absolute atomic E-state index is 11.2. The van der Waals surface area contributed by atoms with E-state index >= 15 is 0 Å². The van der Waals surface area contributed by atoms with Crippen LogP contribution in [0, 0.1) is 0 Å². The van der Waals surface area contributed by atoms with Crippen LogP contribution in [0.5, 0.6) is 0 Å². The van der Waals surface area contributed by atoms with Gasteiger partial charge < -0.3 is 9.51 Å². The van der Waals surface area contributed by atoms with Crippen molar-refractivity contribution >= 4 is 27.4 Å². The maximum Gasteiger partial charge on any atom is 0.356 e. The molecule has 2 rings (SSSR count). The Bertz CT molecular complexity index is 596. The van der Waals surface area contributed by atoms with Gasteiger partial charge in [0, 0.05) is 16.1 Å². The Labute approximate surface area is 107 Å². The number of carboxylic acids is 1. The number of imidazole rings is 1. The number of carbonyl (C=O) groups is 1. The molecular formula is C12H13BrN2O2. The standard InChI is InChI=1S/C12H13BrN2O2/c1-12(2,3)11-14-9(10(16)17)8-5-4-7(13)6-15(8)11/h4-6H,1-3H3,(H,16,17). The van der Waals surface area contributed by atoms with E-state index < -0.39 is 5.97 Å². The van der Waals surface area contributed by atoms with Crippen molar-refractivity contribution < 1.29 is 9.90 Å². The van der Waals surface area contributed by atoms with Gasteiger partial charge in [0.15, 0.2) is 5.69 Å². The van der Waals surface area contributed by atoms with Crippen molar-refractivity contribution in [3.05, 3.63) is 34.3 Å². The summed E-state index contributed by atoms with van der Waals surface area (Å²) >= 11 is 3.38. The molecule has 0 bridgehead atoms. The number of hydrogen-bond donors (Lipinski definition) is 1. The van der Waals surface area contributed by atoms with E-state index in [1.54, 1.807) is 6.07 Å². The van der Waals surface area contributed by atoms with Crippen LogP contribution >= 0.6 is 15.9 Å². The van der Waals surface area contributed by atoms with Gasteiger partial charge in [-0.25, -0.2) is 9.78 Å². The smallest absolute Gasteiger partial charge is 0.356 e. The van der Waals surface area contributed by atoms with Gasteiger partial charge in [-0.3, -0.25) is 0 Å². The van der Waals surface area contributed by atoms with Gasteiger partial charge >= 0.3 is 5.97 Å². The Morgan fingerprint density at radius 2 is 2.06 bits per heavy atom. The van der Waals surface area contributed by atoms with Gasteiger partial charge in [0.2, 0.25) is 0 Å². The van der Waals surface area contributed by atoms with Gasteiger partial charge in [0.05, 0.1) is 5.52 Å². The molecule has 2 aromatic rings. The number of pyridine rings is 1. The van der Waals surface area contributed by atoms with E-state index in [1.807, 2.05) is 37.4 Å². The number of aromatic carboxylic acids is 1. The summed E-state index contributed by atoms with van der Waals surface area (Å²) in [5.41, 5.74) is 0.505. The summed E-state index contributed by atoms with van der Waals surface area (Å²) in [7, 11) is 0. The number of halogens is 1. The fraction of sp³-hybridized carbons (Fsp3) is 0.333.